The first-order chi connectivity index (χ1) is 61.9. The summed E-state index contributed by atoms with van der Waals surface area (Å²) in [7, 11) is 0. The van der Waals surface area contributed by atoms with Crippen LogP contribution >= 0.6 is 0 Å². The van der Waals surface area contributed by atoms with E-state index in [4.69, 9.17) is 33.5 Å². The van der Waals surface area contributed by atoms with Gasteiger partial charge in [-0.2, -0.15) is 0 Å². The van der Waals surface area contributed by atoms with Crippen LogP contribution in [-0.4, -0.2) is 4.57 Å². The van der Waals surface area contributed by atoms with Gasteiger partial charge in [-0.1, -0.05) is 339 Å². The molecule has 480 valence electrons. The highest BCUT2D eigenvalue weighted by Crippen LogP contribution is 2.50. The zero-order valence-corrected chi connectivity index (χ0v) is 54.1. The Hall–Kier alpha value is -13.6. The highest BCUT2D eigenvalue weighted by molar-refractivity contribution is 6.24. The summed E-state index contributed by atoms with van der Waals surface area (Å²) < 4.78 is 246. The fraction of sp³-hybridized carbons (Fsp3) is 0. The van der Waals surface area contributed by atoms with Crippen LogP contribution in [0.5, 0.6) is 0 Å². The molecule has 0 fully saturated rings. The predicted molar refractivity (Wildman–Crippen MR) is 435 cm³/mol. The first-order valence-corrected chi connectivity index (χ1v) is 33.2. The minimum Gasteiger partial charge on any atom is -0.456 e. The van der Waals surface area contributed by atoms with E-state index in [1.54, 1.807) is 24.3 Å². The summed E-state index contributed by atoms with van der Waals surface area (Å²) >= 11 is 0. The van der Waals surface area contributed by atoms with E-state index in [2.05, 4.69) is 65.2 Å². The van der Waals surface area contributed by atoms with Gasteiger partial charge in [0.25, 0.3) is 0 Å². The van der Waals surface area contributed by atoms with Gasteiger partial charge in [0.05, 0.1) is 57.7 Å². The molecule has 18 aromatic carbocycles. The molecule has 0 aliphatic carbocycles. The Morgan fingerprint density at radius 2 is 0.505 bits per heavy atom. The van der Waals surface area contributed by atoms with Crippen molar-refractivity contribution in [3.05, 3.63) is 382 Å². The molecule has 0 aliphatic heterocycles. The Bertz CT molecular complexity index is 8270. The van der Waals surface area contributed by atoms with E-state index in [1.807, 2.05) is 140 Å². The lowest BCUT2D eigenvalue weighted by atomic mass is 9.85. The number of hydrogen-bond acceptors (Lipinski definition) is 2. The van der Waals surface area contributed by atoms with E-state index in [9.17, 15) is 11.0 Å². The number of hydrogen-bond donors (Lipinski definition) is 0. The highest BCUT2D eigenvalue weighted by atomic mass is 16.3. The molecule has 0 saturated heterocycles. The van der Waals surface area contributed by atoms with E-state index in [0.717, 1.165) is 105 Å². The SMILES string of the molecule is [2H]c1c([2H])c([2H])c(-c2c3c([2H])c([2H])c([2H])c([2H])c3c(-c3ccc(-c4ccc5oc6ccccc6c5c4-c4ccc(-c5ccccc5)cc4)cc3)c3c([2H])c([2H])c([2H])c([2H])c23)c([2H])c1[2H].[2H]c1c([2H])c([2H])c(-c2c3c([2H])c([2H])c([2H])c([2H])c3c(-c3ccc(-c4ccc5oc6ccccc6c5c4-n4c5ccccc5c5ccccc54)cc3)c3c([2H])c([2H])c([2H])c([2H])c23)c([2H])c1[2H]. The maximum absolute atomic E-state index is 9.35. The van der Waals surface area contributed by atoms with Crippen LogP contribution in [-0.2, 0) is 0 Å². The molecular formula is C100H63NO2. The van der Waals surface area contributed by atoms with E-state index < -0.39 is 168 Å². The van der Waals surface area contributed by atoms with Crippen molar-refractivity contribution in [3.63, 3.8) is 0 Å². The number of nitrogens with zero attached hydrogens (tertiary/aromatic N) is 1. The molecule has 0 atom stereocenters. The lowest BCUT2D eigenvalue weighted by molar-refractivity contribution is 0.668. The van der Waals surface area contributed by atoms with Crippen molar-refractivity contribution in [1.82, 2.24) is 4.57 Å². The summed E-state index contributed by atoms with van der Waals surface area (Å²) in [5.74, 6) is 0. The summed E-state index contributed by atoms with van der Waals surface area (Å²) in [5.41, 5.74) is 12.1. The minimum atomic E-state index is -0.717. The molecule has 0 bridgehead atoms. The third-order valence-electron chi connectivity index (χ3n) is 19.4. The van der Waals surface area contributed by atoms with E-state index in [1.165, 1.54) is 0 Å². The standard InChI is InChI=1S/C50H31NO.C50H32O/c1-2-14-33(15-3-1)47-38-18-4-6-20-40(38)48(41-21-7-5-19-39(41)47)34-28-26-32(27-29-34)35-30-31-46-49(42-22-10-13-25-45(42)52-46)50(35)51-43-23-11-8-16-36(43)37-17-9-12-24-44(37)51;1-3-13-33(14-4-1)34-23-27-38(28-24-34)49-39(31-32-46-50(49)44-21-11-12-22-45(44)51-46)35-25-29-37(30-26-35)48-42-19-9-7-17-40(42)47(36-15-5-2-6-16-36)41-18-8-10-20-43(41)48/h1-31H;1-32H/i1D,2D,3D,4D,5D,6D,7D,14D,15D,18D,19D,20D,21D;2D,5D,6D,7D,8D,9D,10D,15D,16D,17D,18D,19D,20D. The van der Waals surface area contributed by atoms with Gasteiger partial charge in [0.2, 0.25) is 0 Å². The quantitative estimate of drug-likeness (QED) is 0.135. The maximum atomic E-state index is 9.35. The summed E-state index contributed by atoms with van der Waals surface area (Å²) in [4.78, 5) is 0. The fourth-order valence-electron chi connectivity index (χ4n) is 15.0. The Balaban J connectivity index is 0.000000162. The van der Waals surface area contributed by atoms with Crippen LogP contribution in [0, 0.1) is 0 Å². The molecule has 0 spiro atoms. The van der Waals surface area contributed by atoms with E-state index >= 15 is 0 Å². The van der Waals surface area contributed by atoms with Gasteiger partial charge < -0.3 is 13.4 Å². The average molecular weight is 1340 g/mol. The predicted octanol–water partition coefficient (Wildman–Crippen LogP) is 28.2. The Morgan fingerprint density at radius 3 is 0.951 bits per heavy atom. The second-order valence-corrected chi connectivity index (χ2v) is 24.9. The summed E-state index contributed by atoms with van der Waals surface area (Å²) in [5, 5.41) is 4.22. The number of aromatic nitrogens is 1. The first kappa shape index (κ1) is 38.7. The van der Waals surface area contributed by atoms with Crippen LogP contribution in [0.1, 0.15) is 35.6 Å². The van der Waals surface area contributed by atoms with Crippen molar-refractivity contribution in [3.8, 4) is 94.7 Å². The highest BCUT2D eigenvalue weighted by Gasteiger charge is 2.25. The van der Waals surface area contributed by atoms with Crippen LogP contribution in [0.2, 0.25) is 0 Å². The van der Waals surface area contributed by atoms with Crippen LogP contribution in [0.15, 0.2) is 390 Å². The van der Waals surface area contributed by atoms with Gasteiger partial charge in [0.1, 0.15) is 22.3 Å². The number of furan rings is 2. The van der Waals surface area contributed by atoms with Crippen molar-refractivity contribution in [2.24, 2.45) is 0 Å². The molecule has 3 heterocycles. The van der Waals surface area contributed by atoms with Gasteiger partial charge >= 0.3 is 0 Å². The van der Waals surface area contributed by atoms with Gasteiger partial charge in [-0.15, -0.1) is 0 Å². The molecule has 0 radical (unpaired) electrons. The van der Waals surface area contributed by atoms with Gasteiger partial charge in [-0.05, 0) is 163 Å². The fourth-order valence-corrected chi connectivity index (χ4v) is 15.0. The summed E-state index contributed by atoms with van der Waals surface area (Å²) in [6.45, 7) is 0. The molecule has 21 aromatic rings. The average Bonchev–Trinajstić information content (AvgIpc) is 1.41. The second-order valence-electron chi connectivity index (χ2n) is 24.9. The molecule has 3 nitrogen and oxygen atoms in total. The summed E-state index contributed by atoms with van der Waals surface area (Å²) in [6, 6.07) is 55.9. The Labute approximate surface area is 631 Å². The van der Waals surface area contributed by atoms with Crippen molar-refractivity contribution < 1.29 is 44.5 Å². The van der Waals surface area contributed by atoms with Gasteiger partial charge in [-0.3, -0.25) is 0 Å². The zero-order valence-electron chi connectivity index (χ0n) is 80.1. The summed E-state index contributed by atoms with van der Waals surface area (Å²) in [6.07, 6.45) is 0. The normalized spacial score (nSPS) is 15.2. The van der Waals surface area contributed by atoms with Crippen molar-refractivity contribution in [2.75, 3.05) is 0 Å². The number of para-hydroxylation sites is 4. The number of benzene rings is 18. The zero-order chi connectivity index (χ0) is 90.5. The molecule has 0 aliphatic rings. The second kappa shape index (κ2) is 24.7. The lowest BCUT2D eigenvalue weighted by Crippen LogP contribution is -1.98. The molecule has 0 amide bonds. The van der Waals surface area contributed by atoms with E-state index in [-0.39, 0.29) is 65.3 Å². The molecule has 0 saturated carbocycles. The van der Waals surface area contributed by atoms with Crippen molar-refractivity contribution >= 4 is 109 Å². The van der Waals surface area contributed by atoms with Crippen LogP contribution in [0.3, 0.4) is 0 Å². The van der Waals surface area contributed by atoms with Crippen molar-refractivity contribution in [1.29, 1.82) is 0 Å². The molecule has 3 heteroatoms. The molecule has 0 unspecified atom stereocenters. The third kappa shape index (κ3) is 9.88. The smallest absolute Gasteiger partial charge is 0.137 e. The Kier molecular flexibility index (Phi) is 9.27. The van der Waals surface area contributed by atoms with Crippen LogP contribution in [0.4, 0.5) is 0 Å². The Morgan fingerprint density at radius 1 is 0.194 bits per heavy atom. The monoisotopic (exact) mass is 1340 g/mol. The number of fused-ring (bicyclic) bond motifs is 13. The molecule has 3 aromatic heterocycles. The molecule has 103 heavy (non-hydrogen) atoms. The third-order valence-corrected chi connectivity index (χ3v) is 19.4. The molecular weight excluding hydrogens is 1250 g/mol. The minimum absolute atomic E-state index is 0.0653. The van der Waals surface area contributed by atoms with Gasteiger partial charge in [-0.25, -0.2) is 0 Å². The largest absolute Gasteiger partial charge is 0.456 e. The molecule has 21 rings (SSSR count). The number of rotatable bonds is 9. The lowest BCUT2D eigenvalue weighted by Gasteiger charge is -2.18. The molecule has 0 N–H and O–H groups in total. The first-order valence-electron chi connectivity index (χ1n) is 46.2. The van der Waals surface area contributed by atoms with Crippen LogP contribution < -0.4 is 0 Å². The maximum Gasteiger partial charge on any atom is 0.137 e. The van der Waals surface area contributed by atoms with Crippen LogP contribution in [0.25, 0.3) is 203 Å². The van der Waals surface area contributed by atoms with Crippen molar-refractivity contribution in [2.45, 2.75) is 0 Å². The van der Waals surface area contributed by atoms with Gasteiger partial charge in [0, 0.05) is 38.1 Å². The van der Waals surface area contributed by atoms with E-state index in [0.29, 0.717) is 22.3 Å². The van der Waals surface area contributed by atoms with Gasteiger partial charge in [0.15, 0.2) is 0 Å². The topological polar surface area (TPSA) is 31.2 Å².